The first kappa shape index (κ1) is 38.6. The second kappa shape index (κ2) is 14.4. The lowest BCUT2D eigenvalue weighted by molar-refractivity contribution is -0.348. The maximum absolute atomic E-state index is 13.4. The summed E-state index contributed by atoms with van der Waals surface area (Å²) in [5, 5.41) is 11.5. The van der Waals surface area contributed by atoms with Crippen LogP contribution in [-0.2, 0) is 32.7 Å². The fourth-order valence-corrected chi connectivity index (χ4v) is 10.3. The van der Waals surface area contributed by atoms with Gasteiger partial charge >= 0.3 is 5.97 Å². The van der Waals surface area contributed by atoms with Crippen molar-refractivity contribution in [1.29, 1.82) is 0 Å². The Balaban J connectivity index is 2.27. The Bertz CT molecular complexity index is 926. The molecule has 2 aliphatic rings. The Morgan fingerprint density at radius 1 is 0.953 bits per heavy atom. The van der Waals surface area contributed by atoms with Crippen molar-refractivity contribution in [2.75, 3.05) is 6.61 Å². The van der Waals surface area contributed by atoms with Crippen molar-refractivity contribution >= 4 is 28.4 Å². The quantitative estimate of drug-likeness (QED) is 0.162. The van der Waals surface area contributed by atoms with Crippen LogP contribution in [0.4, 0.5) is 0 Å². The van der Waals surface area contributed by atoms with Gasteiger partial charge in [-0.2, -0.15) is 0 Å². The number of ether oxygens (including phenoxy) is 3. The number of hydrogen-bond donors (Lipinski definition) is 1. The van der Waals surface area contributed by atoms with Gasteiger partial charge in [0, 0.05) is 38.2 Å². The molecule has 10 heteroatoms. The largest absolute Gasteiger partial charge is 0.460 e. The summed E-state index contributed by atoms with van der Waals surface area (Å²) in [4.78, 5) is 26.3. The number of carbonyl (C=O) groups is 2. The fourth-order valence-electron chi connectivity index (χ4n) is 6.21. The Hall–Kier alpha value is -0.626. The van der Waals surface area contributed by atoms with Crippen molar-refractivity contribution in [2.24, 2.45) is 5.92 Å². The summed E-state index contributed by atoms with van der Waals surface area (Å²) in [6, 6.07) is 3.12. The molecule has 1 spiro atoms. The number of hydrogen-bond acceptors (Lipinski definition) is 8. The van der Waals surface area contributed by atoms with Gasteiger partial charge in [0.05, 0.1) is 30.3 Å². The summed E-state index contributed by atoms with van der Waals surface area (Å²) in [7, 11) is -3.97. The number of ketones is 1. The first-order valence-corrected chi connectivity index (χ1v) is 22.1. The first-order chi connectivity index (χ1) is 19.5. The standard InChI is InChI=1S/C33H64O8Si2/c1-14-43(15-2,16-3)37-22-24(4)28(34)18-26-20-32(11,36)23-33(39-26)21-27(41-42(12,13)31(8,9)10)17-25(38-33)19-29(35)40-30(5,6)7/h24-27,36H,14-23H2,1-13H3/t24-,25+,26-,27-,32-,33+/m0/s1. The summed E-state index contributed by atoms with van der Waals surface area (Å²) < 4.78 is 32.2. The van der Waals surface area contributed by atoms with Crippen LogP contribution in [0.3, 0.4) is 0 Å². The number of rotatable bonds is 13. The molecule has 2 fully saturated rings. The first-order valence-electron chi connectivity index (χ1n) is 16.6. The van der Waals surface area contributed by atoms with E-state index in [4.69, 9.17) is 23.1 Å². The minimum Gasteiger partial charge on any atom is -0.460 e. The van der Waals surface area contributed by atoms with E-state index in [2.05, 4.69) is 54.6 Å². The van der Waals surface area contributed by atoms with Crippen LogP contribution >= 0.6 is 0 Å². The molecule has 0 aromatic rings. The highest BCUT2D eigenvalue weighted by atomic mass is 28.4. The predicted octanol–water partition coefficient (Wildman–Crippen LogP) is 7.53. The lowest BCUT2D eigenvalue weighted by atomic mass is 9.81. The highest BCUT2D eigenvalue weighted by Gasteiger charge is 2.54. The maximum Gasteiger partial charge on any atom is 0.308 e. The molecule has 2 heterocycles. The zero-order valence-corrected chi connectivity index (χ0v) is 31.7. The Labute approximate surface area is 264 Å². The van der Waals surface area contributed by atoms with Gasteiger partial charge in [0.1, 0.15) is 11.4 Å². The van der Waals surface area contributed by atoms with Gasteiger partial charge in [-0.05, 0) is 70.4 Å². The van der Waals surface area contributed by atoms with Crippen molar-refractivity contribution < 1.29 is 37.8 Å². The van der Waals surface area contributed by atoms with E-state index in [0.717, 1.165) is 18.1 Å². The van der Waals surface area contributed by atoms with Gasteiger partial charge < -0.3 is 28.2 Å². The normalized spacial score (nSPS) is 29.9. The molecule has 0 unspecified atom stereocenters. The van der Waals surface area contributed by atoms with Crippen molar-refractivity contribution in [1.82, 2.24) is 0 Å². The molecule has 0 bridgehead atoms. The number of carbonyl (C=O) groups excluding carboxylic acids is 2. The van der Waals surface area contributed by atoms with Crippen molar-refractivity contribution in [3.05, 3.63) is 0 Å². The fraction of sp³-hybridized carbons (Fsp3) is 0.939. The minimum atomic E-state index is -2.16. The number of Topliss-reactive ketones (excluding diaryl/α,β-unsaturated/α-hetero) is 1. The Kier molecular flexibility index (Phi) is 12.9. The lowest BCUT2D eigenvalue weighted by Gasteiger charge is -2.53. The van der Waals surface area contributed by atoms with Gasteiger partial charge in [-0.1, -0.05) is 48.5 Å². The van der Waals surface area contributed by atoms with Crippen LogP contribution in [0, 0.1) is 5.92 Å². The van der Waals surface area contributed by atoms with Gasteiger partial charge in [-0.25, -0.2) is 0 Å². The van der Waals surface area contributed by atoms with Gasteiger partial charge in [0.2, 0.25) is 0 Å². The average Bonchev–Trinajstić information content (AvgIpc) is 2.81. The molecule has 2 aliphatic heterocycles. The second-order valence-electron chi connectivity index (χ2n) is 16.1. The number of aliphatic hydroxyl groups is 1. The van der Waals surface area contributed by atoms with E-state index in [0.29, 0.717) is 25.9 Å². The van der Waals surface area contributed by atoms with Crippen LogP contribution in [0.2, 0.25) is 36.3 Å². The zero-order chi connectivity index (χ0) is 33.1. The van der Waals surface area contributed by atoms with Gasteiger partial charge in [0.15, 0.2) is 22.4 Å². The molecule has 0 amide bonds. The van der Waals surface area contributed by atoms with Crippen molar-refractivity contribution in [3.63, 3.8) is 0 Å². The minimum absolute atomic E-state index is 0.00101. The van der Waals surface area contributed by atoms with Gasteiger partial charge in [0.25, 0.3) is 0 Å². The lowest BCUT2D eigenvalue weighted by Crippen LogP contribution is -2.60. The van der Waals surface area contributed by atoms with E-state index >= 15 is 0 Å². The molecule has 0 radical (unpaired) electrons. The van der Waals surface area contributed by atoms with E-state index in [-0.39, 0.29) is 48.1 Å². The van der Waals surface area contributed by atoms with E-state index in [9.17, 15) is 14.7 Å². The summed E-state index contributed by atoms with van der Waals surface area (Å²) in [6.45, 7) is 27.3. The molecule has 2 rings (SSSR count). The molecule has 8 nitrogen and oxygen atoms in total. The van der Waals surface area contributed by atoms with Crippen molar-refractivity contribution in [2.45, 2.75) is 186 Å². The number of esters is 1. The Morgan fingerprint density at radius 2 is 1.51 bits per heavy atom. The molecule has 0 saturated carbocycles. The van der Waals surface area contributed by atoms with Crippen LogP contribution in [-0.4, -0.2) is 75.4 Å². The average molecular weight is 645 g/mol. The molecule has 6 atom stereocenters. The summed E-state index contributed by atoms with van der Waals surface area (Å²) in [6.07, 6.45) is 0.561. The molecule has 43 heavy (non-hydrogen) atoms. The highest BCUT2D eigenvalue weighted by molar-refractivity contribution is 6.74. The molecule has 2 saturated heterocycles. The van der Waals surface area contributed by atoms with Crippen LogP contribution in [0.1, 0.15) is 115 Å². The zero-order valence-electron chi connectivity index (χ0n) is 29.7. The summed E-state index contributed by atoms with van der Waals surface area (Å²) in [5.74, 6) is -1.70. The second-order valence-corrected chi connectivity index (χ2v) is 25.7. The molecule has 0 aliphatic carbocycles. The summed E-state index contributed by atoms with van der Waals surface area (Å²) >= 11 is 0. The maximum atomic E-state index is 13.4. The molecule has 0 aromatic heterocycles. The SMILES string of the molecule is CC[Si](CC)(CC)OC[C@H](C)C(=O)C[C@H]1C[C@](C)(O)C[C@@]2(C[C@@H](O[Si](C)(C)C(C)(C)C)C[C@H](CC(=O)OC(C)(C)C)O2)O1. The van der Waals surface area contributed by atoms with Crippen LogP contribution in [0.5, 0.6) is 0 Å². The molecular formula is C33H64O8Si2. The molecule has 1 N–H and O–H groups in total. The molecular weight excluding hydrogens is 581 g/mol. The molecule has 0 aromatic carbocycles. The van der Waals surface area contributed by atoms with E-state index in [1.807, 2.05) is 27.7 Å². The van der Waals surface area contributed by atoms with Gasteiger partial charge in [-0.15, -0.1) is 0 Å². The van der Waals surface area contributed by atoms with Crippen LogP contribution in [0.25, 0.3) is 0 Å². The summed E-state index contributed by atoms with van der Waals surface area (Å²) in [5.41, 5.74) is -1.71. The van der Waals surface area contributed by atoms with Crippen molar-refractivity contribution in [3.8, 4) is 0 Å². The van der Waals surface area contributed by atoms with E-state index < -0.39 is 45.8 Å². The van der Waals surface area contributed by atoms with E-state index in [1.165, 1.54) is 0 Å². The third-order valence-electron chi connectivity index (χ3n) is 9.78. The third-order valence-corrected chi connectivity index (χ3v) is 19.0. The monoisotopic (exact) mass is 644 g/mol. The predicted molar refractivity (Wildman–Crippen MR) is 176 cm³/mol. The van der Waals surface area contributed by atoms with E-state index in [1.54, 1.807) is 6.92 Å². The smallest absolute Gasteiger partial charge is 0.308 e. The highest BCUT2D eigenvalue weighted by Crippen LogP contribution is 2.47. The Morgan fingerprint density at radius 3 is 2.02 bits per heavy atom. The topological polar surface area (TPSA) is 101 Å². The third kappa shape index (κ3) is 11.3. The van der Waals surface area contributed by atoms with Gasteiger partial charge in [-0.3, -0.25) is 9.59 Å². The van der Waals surface area contributed by atoms with Crippen LogP contribution in [0.15, 0.2) is 0 Å². The molecule has 252 valence electrons. The van der Waals surface area contributed by atoms with Crippen LogP contribution < -0.4 is 0 Å².